The number of carboxylic acid groups (broad SMARTS) is 2. The zero-order valence-corrected chi connectivity index (χ0v) is 17.8. The number of ether oxygens (including phenoxy) is 1. The quantitative estimate of drug-likeness (QED) is 0.317. The van der Waals surface area contributed by atoms with Crippen molar-refractivity contribution in [1.29, 1.82) is 0 Å². The molecule has 1 aromatic rings. The first kappa shape index (κ1) is 24.9. The van der Waals surface area contributed by atoms with Gasteiger partial charge in [-0.3, -0.25) is 4.79 Å². The highest BCUT2D eigenvalue weighted by Gasteiger charge is 2.43. The smallest absolute Gasteiger partial charge is 0.328 e. The van der Waals surface area contributed by atoms with Gasteiger partial charge in [0, 0.05) is 37.1 Å². The third-order valence-corrected chi connectivity index (χ3v) is 5.53. The number of hydrogen-bond donors (Lipinski definition) is 3. The van der Waals surface area contributed by atoms with E-state index in [4.69, 9.17) is 38.2 Å². The number of carbonyl (C=O) groups is 3. The monoisotopic (exact) mass is 445 g/mol. The Bertz CT molecular complexity index is 745. The minimum absolute atomic E-state index is 0.102. The number of carboxylic acids is 2. The molecule has 1 aromatic carbocycles. The number of benzene rings is 1. The summed E-state index contributed by atoms with van der Waals surface area (Å²) in [5.74, 6) is -2.76. The number of esters is 1. The lowest BCUT2D eigenvalue weighted by Gasteiger charge is -2.47. The molecular formula is C20H25Cl2NO6. The van der Waals surface area contributed by atoms with E-state index in [0.717, 1.165) is 12.8 Å². The van der Waals surface area contributed by atoms with E-state index >= 15 is 0 Å². The number of aliphatic carboxylic acids is 2. The summed E-state index contributed by atoms with van der Waals surface area (Å²) in [4.78, 5) is 29.9. The highest BCUT2D eigenvalue weighted by Crippen LogP contribution is 2.47. The Morgan fingerprint density at radius 3 is 2.17 bits per heavy atom. The van der Waals surface area contributed by atoms with Crippen molar-refractivity contribution in [3.63, 3.8) is 0 Å². The van der Waals surface area contributed by atoms with E-state index in [1.54, 1.807) is 0 Å². The van der Waals surface area contributed by atoms with Crippen LogP contribution < -0.4 is 5.32 Å². The van der Waals surface area contributed by atoms with Gasteiger partial charge in [-0.25, -0.2) is 9.59 Å². The first-order valence-corrected chi connectivity index (χ1v) is 9.80. The standard InChI is InChI=1S/C16H21Cl2NO2.C4H4O4/c1-11(19-8-9-21-12(2)20)16(6-3-7-16)13-4-5-14(17)15(18)10-13;5-3(6)1-2-4(7)8/h4-5,10-11,19H,3,6-9H2,1-2H3;1-2H,(H,5,6)(H,7,8)/b;2-1-. The highest BCUT2D eigenvalue weighted by molar-refractivity contribution is 6.42. The minimum atomic E-state index is -1.26. The van der Waals surface area contributed by atoms with Crippen molar-refractivity contribution in [3.05, 3.63) is 46.0 Å². The molecule has 1 atom stereocenters. The molecular weight excluding hydrogens is 421 g/mol. The minimum Gasteiger partial charge on any atom is -0.478 e. The second-order valence-corrected chi connectivity index (χ2v) is 7.48. The second kappa shape index (κ2) is 11.8. The zero-order valence-electron chi connectivity index (χ0n) is 16.3. The summed E-state index contributed by atoms with van der Waals surface area (Å²) in [6, 6.07) is 6.20. The fraction of sp³-hybridized carbons (Fsp3) is 0.450. The molecule has 0 aliphatic heterocycles. The van der Waals surface area contributed by atoms with E-state index < -0.39 is 11.9 Å². The Labute approximate surface area is 179 Å². The summed E-state index contributed by atoms with van der Waals surface area (Å²) in [5, 5.41) is 20.3. The van der Waals surface area contributed by atoms with Crippen LogP contribution >= 0.6 is 23.2 Å². The van der Waals surface area contributed by atoms with Crippen LogP contribution in [0.4, 0.5) is 0 Å². The van der Waals surface area contributed by atoms with Crippen LogP contribution in [-0.2, 0) is 24.5 Å². The normalized spacial score (nSPS) is 15.6. The SMILES string of the molecule is CC(=O)OCCNC(C)C1(c2ccc(Cl)c(Cl)c2)CCC1.O=C(O)/C=C\C(=O)O. The predicted molar refractivity (Wildman–Crippen MR) is 111 cm³/mol. The van der Waals surface area contributed by atoms with E-state index in [9.17, 15) is 14.4 Å². The maximum absolute atomic E-state index is 10.8. The molecule has 1 saturated carbocycles. The van der Waals surface area contributed by atoms with Crippen molar-refractivity contribution in [3.8, 4) is 0 Å². The Morgan fingerprint density at radius 2 is 1.76 bits per heavy atom. The summed E-state index contributed by atoms with van der Waals surface area (Å²) in [6.07, 6.45) is 4.60. The predicted octanol–water partition coefficient (Wildman–Crippen LogP) is 3.67. The highest BCUT2D eigenvalue weighted by atomic mass is 35.5. The Kier molecular flexibility index (Phi) is 10.2. The molecule has 9 heteroatoms. The van der Waals surface area contributed by atoms with Gasteiger partial charge in [-0.2, -0.15) is 0 Å². The van der Waals surface area contributed by atoms with Crippen LogP contribution in [0.3, 0.4) is 0 Å². The van der Waals surface area contributed by atoms with Gasteiger partial charge in [0.1, 0.15) is 6.61 Å². The van der Waals surface area contributed by atoms with E-state index in [1.807, 2.05) is 12.1 Å². The van der Waals surface area contributed by atoms with Crippen LogP contribution in [0.1, 0.15) is 38.7 Å². The molecule has 1 aliphatic rings. The van der Waals surface area contributed by atoms with Crippen LogP contribution in [0, 0.1) is 0 Å². The molecule has 2 rings (SSSR count). The fourth-order valence-corrected chi connectivity index (χ4v) is 3.44. The molecule has 0 aromatic heterocycles. The number of carbonyl (C=O) groups excluding carboxylic acids is 1. The van der Waals surface area contributed by atoms with E-state index in [2.05, 4.69) is 18.3 Å². The van der Waals surface area contributed by atoms with Crippen molar-refractivity contribution in [2.75, 3.05) is 13.2 Å². The number of nitrogens with one attached hydrogen (secondary N) is 1. The summed E-state index contributed by atoms with van der Waals surface area (Å²) in [6.45, 7) is 4.66. The summed E-state index contributed by atoms with van der Waals surface area (Å²) < 4.78 is 4.96. The number of rotatable bonds is 8. The van der Waals surface area contributed by atoms with Gasteiger partial charge in [-0.1, -0.05) is 35.7 Å². The van der Waals surface area contributed by atoms with E-state index in [0.29, 0.717) is 41.4 Å². The van der Waals surface area contributed by atoms with Gasteiger partial charge in [0.15, 0.2) is 0 Å². The van der Waals surface area contributed by atoms with Gasteiger partial charge in [-0.15, -0.1) is 0 Å². The van der Waals surface area contributed by atoms with Crippen molar-refractivity contribution < 1.29 is 29.3 Å². The Hall–Kier alpha value is -2.09. The Balaban J connectivity index is 0.000000447. The molecule has 1 aliphatic carbocycles. The van der Waals surface area contributed by atoms with Gasteiger partial charge in [-0.05, 0) is 37.5 Å². The molecule has 0 heterocycles. The molecule has 7 nitrogen and oxygen atoms in total. The molecule has 0 spiro atoms. The van der Waals surface area contributed by atoms with Crippen LogP contribution in [-0.4, -0.2) is 47.3 Å². The lowest BCUT2D eigenvalue weighted by Crippen LogP contribution is -2.51. The average Bonchev–Trinajstić information content (AvgIpc) is 2.59. The van der Waals surface area contributed by atoms with Crippen LogP contribution in [0.15, 0.2) is 30.4 Å². The van der Waals surface area contributed by atoms with Crippen molar-refractivity contribution in [2.24, 2.45) is 0 Å². The van der Waals surface area contributed by atoms with Gasteiger partial charge in [0.05, 0.1) is 10.0 Å². The van der Waals surface area contributed by atoms with Gasteiger partial charge in [0.25, 0.3) is 0 Å². The molecule has 1 fully saturated rings. The number of hydrogen-bond acceptors (Lipinski definition) is 5. The summed E-state index contributed by atoms with van der Waals surface area (Å²) in [7, 11) is 0. The third kappa shape index (κ3) is 8.04. The molecule has 1 unspecified atom stereocenters. The topological polar surface area (TPSA) is 113 Å². The average molecular weight is 446 g/mol. The lowest BCUT2D eigenvalue weighted by atomic mass is 9.60. The summed E-state index contributed by atoms with van der Waals surface area (Å²) >= 11 is 12.2. The van der Waals surface area contributed by atoms with Crippen molar-refractivity contribution in [1.82, 2.24) is 5.32 Å². The van der Waals surface area contributed by atoms with Crippen LogP contribution in [0.25, 0.3) is 0 Å². The van der Waals surface area contributed by atoms with Crippen molar-refractivity contribution >= 4 is 41.1 Å². The zero-order chi connectivity index (χ0) is 22.0. The fourth-order valence-electron chi connectivity index (χ4n) is 3.14. The van der Waals surface area contributed by atoms with Gasteiger partial charge in [0.2, 0.25) is 0 Å². The molecule has 160 valence electrons. The van der Waals surface area contributed by atoms with Crippen LogP contribution in [0.5, 0.6) is 0 Å². The maximum Gasteiger partial charge on any atom is 0.328 e. The third-order valence-electron chi connectivity index (χ3n) is 4.80. The Morgan fingerprint density at radius 1 is 1.17 bits per heavy atom. The molecule has 3 N–H and O–H groups in total. The molecule has 29 heavy (non-hydrogen) atoms. The van der Waals surface area contributed by atoms with Crippen LogP contribution in [0.2, 0.25) is 10.0 Å². The first-order valence-electron chi connectivity index (χ1n) is 9.04. The maximum atomic E-state index is 10.8. The van der Waals surface area contributed by atoms with Gasteiger partial charge >= 0.3 is 17.9 Å². The number of halogens is 2. The van der Waals surface area contributed by atoms with E-state index in [-0.39, 0.29) is 11.4 Å². The first-order chi connectivity index (χ1) is 13.6. The second-order valence-electron chi connectivity index (χ2n) is 6.66. The van der Waals surface area contributed by atoms with Gasteiger partial charge < -0.3 is 20.3 Å². The molecule has 0 saturated heterocycles. The van der Waals surface area contributed by atoms with E-state index in [1.165, 1.54) is 18.9 Å². The molecule has 0 amide bonds. The van der Waals surface area contributed by atoms with Crippen molar-refractivity contribution in [2.45, 2.75) is 44.6 Å². The molecule has 0 radical (unpaired) electrons. The largest absolute Gasteiger partial charge is 0.478 e. The lowest BCUT2D eigenvalue weighted by molar-refractivity contribution is -0.141. The molecule has 0 bridgehead atoms. The summed E-state index contributed by atoms with van der Waals surface area (Å²) in [5.41, 5.74) is 1.33.